The van der Waals surface area contributed by atoms with E-state index in [9.17, 15) is 9.59 Å². The number of ketones is 2. The number of fused-ring (bicyclic) bond motifs is 4. The molecule has 2 aliphatic carbocycles. The summed E-state index contributed by atoms with van der Waals surface area (Å²) in [7, 11) is 0. The average molecular weight is 511 g/mol. The third kappa shape index (κ3) is 3.21. The molecule has 0 bridgehead atoms. The molecule has 6 nitrogen and oxygen atoms in total. The Balaban J connectivity index is 1.19. The van der Waals surface area contributed by atoms with Crippen LogP contribution in [0.4, 0.5) is 11.4 Å². The molecule has 0 amide bonds. The van der Waals surface area contributed by atoms with Gasteiger partial charge in [0.1, 0.15) is 19.4 Å². The lowest BCUT2D eigenvalue weighted by molar-refractivity contribution is 0.103. The molecule has 178 valence electrons. The van der Waals surface area contributed by atoms with E-state index in [1.165, 1.54) is 33.8 Å². The maximum atomic E-state index is 13.3. The highest BCUT2D eigenvalue weighted by Crippen LogP contribution is 2.38. The van der Waals surface area contributed by atoms with Crippen molar-refractivity contribution in [3.05, 3.63) is 79.8 Å². The Morgan fingerprint density at radius 3 is 1.50 bits per heavy atom. The molecule has 36 heavy (non-hydrogen) atoms. The van der Waals surface area contributed by atoms with Crippen LogP contribution in [0.3, 0.4) is 0 Å². The number of rotatable bonds is 4. The molecular weight excluding hydrogens is 488 g/mol. The fourth-order valence-electron chi connectivity index (χ4n) is 5.37. The molecule has 8 heteroatoms. The highest BCUT2D eigenvalue weighted by Gasteiger charge is 2.24. The van der Waals surface area contributed by atoms with E-state index < -0.39 is 0 Å². The normalized spacial score (nSPS) is 14.4. The molecule has 0 radical (unpaired) electrons. The number of aryl methyl sites for hydroxylation is 4. The molecule has 4 aromatic heterocycles. The maximum Gasteiger partial charge on any atom is 0.205 e. The molecule has 4 N–H and O–H groups in total. The van der Waals surface area contributed by atoms with Gasteiger partial charge in [-0.05, 0) is 61.8 Å². The number of hydrogen-bond acceptors (Lipinski definition) is 8. The van der Waals surface area contributed by atoms with Gasteiger partial charge in [0.2, 0.25) is 11.6 Å². The lowest BCUT2D eigenvalue weighted by Gasteiger charge is -2.03. The molecule has 4 heterocycles. The van der Waals surface area contributed by atoms with Crippen LogP contribution in [-0.2, 0) is 25.7 Å². The molecule has 0 fully saturated rings. The Kier molecular flexibility index (Phi) is 4.78. The van der Waals surface area contributed by atoms with Gasteiger partial charge in [-0.1, -0.05) is 24.3 Å². The van der Waals surface area contributed by atoms with Gasteiger partial charge >= 0.3 is 0 Å². The highest BCUT2D eigenvalue weighted by atomic mass is 32.1. The largest absolute Gasteiger partial charge is 0.397 e. The molecule has 0 saturated heterocycles. The van der Waals surface area contributed by atoms with E-state index in [0.29, 0.717) is 32.3 Å². The molecule has 0 atom stereocenters. The first kappa shape index (κ1) is 21.6. The van der Waals surface area contributed by atoms with Crippen molar-refractivity contribution in [3.8, 4) is 0 Å². The molecule has 5 aromatic rings. The number of benzene rings is 1. The maximum absolute atomic E-state index is 13.3. The third-order valence-electron chi connectivity index (χ3n) is 7.32. The number of pyridine rings is 2. The summed E-state index contributed by atoms with van der Waals surface area (Å²) < 4.78 is 0. The van der Waals surface area contributed by atoms with E-state index in [-0.39, 0.29) is 11.6 Å². The Morgan fingerprint density at radius 2 is 1.08 bits per heavy atom. The number of nitrogens with two attached hydrogens (primary N) is 2. The third-order valence-corrected chi connectivity index (χ3v) is 9.55. The van der Waals surface area contributed by atoms with Gasteiger partial charge in [0.15, 0.2) is 0 Å². The SMILES string of the molecule is Nc1c(C(=O)c2ccc(C(=O)c3sc4nc5c(cc4c3N)CCC5)cc2)sc2nc3c(cc12)CCC3. The minimum atomic E-state index is -0.158. The van der Waals surface area contributed by atoms with Crippen molar-refractivity contribution in [2.24, 2.45) is 0 Å². The first-order valence-corrected chi connectivity index (χ1v) is 13.7. The fourth-order valence-corrected chi connectivity index (χ4v) is 7.49. The van der Waals surface area contributed by atoms with E-state index >= 15 is 0 Å². The first-order valence-electron chi connectivity index (χ1n) is 12.1. The van der Waals surface area contributed by atoms with Gasteiger partial charge in [-0.15, -0.1) is 22.7 Å². The minimum Gasteiger partial charge on any atom is -0.397 e. The number of carbonyl (C=O) groups is 2. The van der Waals surface area contributed by atoms with Gasteiger partial charge < -0.3 is 11.5 Å². The van der Waals surface area contributed by atoms with Crippen LogP contribution in [-0.4, -0.2) is 21.5 Å². The zero-order valence-corrected chi connectivity index (χ0v) is 21.0. The van der Waals surface area contributed by atoms with Crippen LogP contribution in [0.25, 0.3) is 20.4 Å². The molecule has 7 rings (SSSR count). The lowest BCUT2D eigenvalue weighted by Crippen LogP contribution is -2.05. The Hall–Kier alpha value is -3.62. The second-order valence-electron chi connectivity index (χ2n) is 9.53. The van der Waals surface area contributed by atoms with Crippen LogP contribution in [0, 0.1) is 0 Å². The zero-order chi connectivity index (χ0) is 24.6. The molecule has 0 unspecified atom stereocenters. The van der Waals surface area contributed by atoms with Gasteiger partial charge in [-0.2, -0.15) is 0 Å². The predicted molar refractivity (Wildman–Crippen MR) is 145 cm³/mol. The predicted octanol–water partition coefficient (Wildman–Crippen LogP) is 5.51. The molecule has 0 saturated carbocycles. The summed E-state index contributed by atoms with van der Waals surface area (Å²) in [5.74, 6) is -0.315. The average Bonchev–Trinajstić information content (AvgIpc) is 3.67. The number of thiophene rings is 2. The van der Waals surface area contributed by atoms with Crippen molar-refractivity contribution >= 4 is 66.0 Å². The van der Waals surface area contributed by atoms with Gasteiger partial charge in [-0.25, -0.2) is 9.97 Å². The van der Waals surface area contributed by atoms with Crippen LogP contribution in [0.1, 0.15) is 65.8 Å². The van der Waals surface area contributed by atoms with Gasteiger partial charge in [0.05, 0.1) is 11.4 Å². The molecule has 1 aromatic carbocycles. The van der Waals surface area contributed by atoms with Gasteiger partial charge in [0, 0.05) is 33.3 Å². The van der Waals surface area contributed by atoms with Crippen molar-refractivity contribution in [1.82, 2.24) is 9.97 Å². The summed E-state index contributed by atoms with van der Waals surface area (Å²) in [6, 6.07) is 10.9. The monoisotopic (exact) mass is 510 g/mol. The second-order valence-corrected chi connectivity index (χ2v) is 11.5. The summed E-state index contributed by atoms with van der Waals surface area (Å²) in [5.41, 5.74) is 19.4. The molecule has 0 spiro atoms. The summed E-state index contributed by atoms with van der Waals surface area (Å²) in [6.45, 7) is 0. The summed E-state index contributed by atoms with van der Waals surface area (Å²) in [4.78, 5) is 38.7. The van der Waals surface area contributed by atoms with Crippen molar-refractivity contribution in [2.75, 3.05) is 11.5 Å². The molecule has 2 aliphatic rings. The van der Waals surface area contributed by atoms with E-state index in [4.69, 9.17) is 21.4 Å². The Labute approximate surface area is 215 Å². The van der Waals surface area contributed by atoms with Gasteiger partial charge in [0.25, 0.3) is 0 Å². The smallest absolute Gasteiger partial charge is 0.205 e. The quantitative estimate of drug-likeness (QED) is 0.308. The number of carbonyl (C=O) groups excluding carboxylic acids is 2. The fraction of sp³-hybridized carbons (Fsp3) is 0.214. The Bertz CT molecular complexity index is 1620. The summed E-state index contributed by atoms with van der Waals surface area (Å²) in [5, 5.41) is 1.71. The summed E-state index contributed by atoms with van der Waals surface area (Å²) >= 11 is 2.68. The van der Waals surface area contributed by atoms with Crippen molar-refractivity contribution in [1.29, 1.82) is 0 Å². The van der Waals surface area contributed by atoms with Crippen LogP contribution in [0.2, 0.25) is 0 Å². The van der Waals surface area contributed by atoms with Crippen molar-refractivity contribution < 1.29 is 9.59 Å². The van der Waals surface area contributed by atoms with E-state index in [0.717, 1.165) is 70.3 Å². The van der Waals surface area contributed by atoms with Crippen LogP contribution >= 0.6 is 22.7 Å². The van der Waals surface area contributed by atoms with Gasteiger partial charge in [-0.3, -0.25) is 9.59 Å². The zero-order valence-electron chi connectivity index (χ0n) is 19.4. The number of aromatic nitrogens is 2. The van der Waals surface area contributed by atoms with Crippen LogP contribution < -0.4 is 11.5 Å². The van der Waals surface area contributed by atoms with Crippen molar-refractivity contribution in [2.45, 2.75) is 38.5 Å². The van der Waals surface area contributed by atoms with E-state index in [2.05, 4.69) is 12.1 Å². The number of hydrogen-bond donors (Lipinski definition) is 2. The van der Waals surface area contributed by atoms with E-state index in [1.54, 1.807) is 24.3 Å². The standard InChI is InChI=1S/C28H22N4O2S2/c29-21-17-11-15-3-1-5-19(15)31-27(17)35-25(21)23(33)13-7-9-14(10-8-13)24(34)26-22(30)18-12-16-4-2-6-20(16)32-28(18)36-26/h7-12H,1-6,29-30H2. The van der Waals surface area contributed by atoms with Crippen LogP contribution in [0.15, 0.2) is 36.4 Å². The number of nitrogens with zero attached hydrogens (tertiary/aromatic N) is 2. The Morgan fingerprint density at radius 1 is 0.667 bits per heavy atom. The number of nitrogen functional groups attached to an aromatic ring is 2. The second kappa shape index (κ2) is 7.94. The summed E-state index contributed by atoms with van der Waals surface area (Å²) in [6.07, 6.45) is 6.20. The topological polar surface area (TPSA) is 112 Å². The first-order chi connectivity index (χ1) is 17.5. The highest BCUT2D eigenvalue weighted by molar-refractivity contribution is 7.21. The molecule has 0 aliphatic heterocycles. The lowest BCUT2D eigenvalue weighted by atomic mass is 10.0. The molecular formula is C28H22N4O2S2. The minimum absolute atomic E-state index is 0.158. The van der Waals surface area contributed by atoms with E-state index in [1.807, 2.05) is 0 Å². The van der Waals surface area contributed by atoms with Crippen LogP contribution in [0.5, 0.6) is 0 Å². The number of anilines is 2. The van der Waals surface area contributed by atoms with Crippen molar-refractivity contribution in [3.63, 3.8) is 0 Å².